The van der Waals surface area contributed by atoms with Crippen LogP contribution in [0.5, 0.6) is 0 Å². The third kappa shape index (κ3) is 3.84. The number of nitrogens with zero attached hydrogens (tertiary/aromatic N) is 1. The van der Waals surface area contributed by atoms with Gasteiger partial charge in [0.05, 0.1) is 6.54 Å². The molecule has 0 aromatic heterocycles. The van der Waals surface area contributed by atoms with Crippen LogP contribution in [-0.2, 0) is 4.79 Å². The summed E-state index contributed by atoms with van der Waals surface area (Å²) in [6, 6.07) is 24.7. The maximum atomic E-state index is 12.4. The molecule has 1 heterocycles. The van der Waals surface area contributed by atoms with Crippen LogP contribution in [0.2, 0.25) is 0 Å². The first-order valence-corrected chi connectivity index (χ1v) is 9.03. The summed E-state index contributed by atoms with van der Waals surface area (Å²) < 4.78 is 0. The molecule has 3 aromatic rings. The van der Waals surface area contributed by atoms with Crippen molar-refractivity contribution in [1.82, 2.24) is 4.90 Å². The van der Waals surface area contributed by atoms with Gasteiger partial charge in [-0.1, -0.05) is 66.7 Å². The summed E-state index contributed by atoms with van der Waals surface area (Å²) in [6.07, 6.45) is 3.22. The van der Waals surface area contributed by atoms with Crippen molar-refractivity contribution in [3.63, 3.8) is 0 Å². The third-order valence-corrected chi connectivity index (χ3v) is 4.84. The highest BCUT2D eigenvalue weighted by Crippen LogP contribution is 2.22. The molecular formula is C23H22N2O. The van der Waals surface area contributed by atoms with Gasteiger partial charge < -0.3 is 5.32 Å². The molecule has 1 N–H and O–H groups in total. The molecule has 0 bridgehead atoms. The molecule has 0 unspecified atom stereocenters. The number of hydrogen-bond acceptors (Lipinski definition) is 2. The van der Waals surface area contributed by atoms with E-state index in [9.17, 15) is 4.79 Å². The lowest BCUT2D eigenvalue weighted by atomic mass is 10.00. The standard InChI is InChI=1S/C23H22N2O/c26-23(24-22-11-10-19-8-4-5-9-21(19)16-22)17-25-14-12-20(13-15-25)18-6-2-1-3-7-18/h1-12,16H,13-15,17H2,(H,24,26). The van der Waals surface area contributed by atoms with Gasteiger partial charge in [0.2, 0.25) is 5.91 Å². The molecule has 3 heteroatoms. The zero-order valence-corrected chi connectivity index (χ0v) is 14.7. The Kier molecular flexibility index (Phi) is 4.80. The van der Waals surface area contributed by atoms with Gasteiger partial charge in [-0.15, -0.1) is 0 Å². The highest BCUT2D eigenvalue weighted by molar-refractivity contribution is 5.95. The predicted octanol–water partition coefficient (Wildman–Crippen LogP) is 4.57. The second-order valence-corrected chi connectivity index (χ2v) is 6.69. The Balaban J connectivity index is 1.36. The maximum Gasteiger partial charge on any atom is 0.238 e. The van der Waals surface area contributed by atoms with Crippen molar-refractivity contribution in [3.05, 3.63) is 84.4 Å². The zero-order chi connectivity index (χ0) is 17.8. The summed E-state index contributed by atoms with van der Waals surface area (Å²) in [7, 11) is 0. The van der Waals surface area contributed by atoms with Crippen LogP contribution in [0.15, 0.2) is 78.9 Å². The van der Waals surface area contributed by atoms with Crippen LogP contribution in [0.25, 0.3) is 16.3 Å². The van der Waals surface area contributed by atoms with Crippen molar-refractivity contribution in [2.45, 2.75) is 6.42 Å². The fourth-order valence-electron chi connectivity index (χ4n) is 3.44. The molecule has 130 valence electrons. The molecule has 3 nitrogen and oxygen atoms in total. The van der Waals surface area contributed by atoms with Crippen molar-refractivity contribution in [3.8, 4) is 0 Å². The van der Waals surface area contributed by atoms with Crippen LogP contribution >= 0.6 is 0 Å². The highest BCUT2D eigenvalue weighted by Gasteiger charge is 2.15. The first kappa shape index (κ1) is 16.6. The Morgan fingerprint density at radius 3 is 2.46 bits per heavy atom. The number of fused-ring (bicyclic) bond motifs is 1. The SMILES string of the molecule is O=C(CN1CC=C(c2ccccc2)CC1)Nc1ccc2ccccc2c1. The lowest BCUT2D eigenvalue weighted by Crippen LogP contribution is -2.36. The smallest absolute Gasteiger partial charge is 0.238 e. The summed E-state index contributed by atoms with van der Waals surface area (Å²) >= 11 is 0. The van der Waals surface area contributed by atoms with Crippen LogP contribution in [0.3, 0.4) is 0 Å². The van der Waals surface area contributed by atoms with E-state index in [-0.39, 0.29) is 5.91 Å². The van der Waals surface area contributed by atoms with Gasteiger partial charge in [-0.05, 0) is 40.5 Å². The highest BCUT2D eigenvalue weighted by atomic mass is 16.2. The Bertz CT molecular complexity index is 947. The third-order valence-electron chi connectivity index (χ3n) is 4.84. The normalized spacial score (nSPS) is 14.8. The van der Waals surface area contributed by atoms with E-state index in [4.69, 9.17) is 0 Å². The fraction of sp³-hybridized carbons (Fsp3) is 0.174. The first-order valence-electron chi connectivity index (χ1n) is 9.03. The maximum absolute atomic E-state index is 12.4. The second kappa shape index (κ2) is 7.54. The van der Waals surface area contributed by atoms with Crippen LogP contribution in [0, 0.1) is 0 Å². The lowest BCUT2D eigenvalue weighted by Gasteiger charge is -2.25. The number of nitrogens with one attached hydrogen (secondary N) is 1. The van der Waals surface area contributed by atoms with Gasteiger partial charge in [-0.3, -0.25) is 9.69 Å². The molecule has 0 saturated carbocycles. The Morgan fingerprint density at radius 2 is 1.69 bits per heavy atom. The van der Waals surface area contributed by atoms with Gasteiger partial charge in [-0.25, -0.2) is 0 Å². The monoisotopic (exact) mass is 342 g/mol. The molecule has 26 heavy (non-hydrogen) atoms. The number of carbonyl (C=O) groups is 1. The van der Waals surface area contributed by atoms with Crippen LogP contribution < -0.4 is 5.32 Å². The lowest BCUT2D eigenvalue weighted by molar-refractivity contribution is -0.117. The molecule has 1 aliphatic rings. The summed E-state index contributed by atoms with van der Waals surface area (Å²) in [4.78, 5) is 14.6. The van der Waals surface area contributed by atoms with Gasteiger partial charge in [0, 0.05) is 18.8 Å². The number of amides is 1. The number of anilines is 1. The van der Waals surface area contributed by atoms with Crippen molar-refractivity contribution in [2.24, 2.45) is 0 Å². The average molecular weight is 342 g/mol. The molecule has 1 aliphatic heterocycles. The van der Waals surface area contributed by atoms with Gasteiger partial charge in [-0.2, -0.15) is 0 Å². The van der Waals surface area contributed by atoms with Gasteiger partial charge >= 0.3 is 0 Å². The molecule has 3 aromatic carbocycles. The molecule has 0 atom stereocenters. The molecule has 1 amide bonds. The van der Waals surface area contributed by atoms with Crippen molar-refractivity contribution >= 4 is 27.9 Å². The summed E-state index contributed by atoms with van der Waals surface area (Å²) in [5.74, 6) is 0.0387. The molecule has 0 fully saturated rings. The fourth-order valence-corrected chi connectivity index (χ4v) is 3.44. The number of benzene rings is 3. The molecule has 0 saturated heterocycles. The number of carbonyl (C=O) groups excluding carboxylic acids is 1. The molecule has 0 aliphatic carbocycles. The first-order chi connectivity index (χ1) is 12.8. The minimum absolute atomic E-state index is 0.0387. The minimum Gasteiger partial charge on any atom is -0.325 e. The van der Waals surface area contributed by atoms with Crippen molar-refractivity contribution in [1.29, 1.82) is 0 Å². The zero-order valence-electron chi connectivity index (χ0n) is 14.7. The van der Waals surface area contributed by atoms with E-state index in [1.54, 1.807) is 0 Å². The van der Waals surface area contributed by atoms with Crippen molar-refractivity contribution in [2.75, 3.05) is 25.0 Å². The summed E-state index contributed by atoms with van der Waals surface area (Å²) in [6.45, 7) is 2.15. The second-order valence-electron chi connectivity index (χ2n) is 6.69. The topological polar surface area (TPSA) is 32.3 Å². The quantitative estimate of drug-likeness (QED) is 0.753. The van der Waals surface area contributed by atoms with E-state index in [0.717, 1.165) is 30.6 Å². The van der Waals surface area contributed by atoms with E-state index >= 15 is 0 Å². The summed E-state index contributed by atoms with van der Waals surface area (Å²) in [5, 5.41) is 5.34. The molecule has 0 spiro atoms. The Labute approximate surface area is 154 Å². The summed E-state index contributed by atoms with van der Waals surface area (Å²) in [5.41, 5.74) is 3.51. The van der Waals surface area contributed by atoms with Crippen LogP contribution in [-0.4, -0.2) is 30.4 Å². The van der Waals surface area contributed by atoms with E-state index in [1.807, 2.05) is 36.4 Å². The number of hydrogen-bond donors (Lipinski definition) is 1. The minimum atomic E-state index is 0.0387. The number of rotatable bonds is 4. The van der Waals surface area contributed by atoms with Gasteiger partial charge in [0.25, 0.3) is 0 Å². The Hall–Kier alpha value is -2.91. The largest absolute Gasteiger partial charge is 0.325 e. The van der Waals surface area contributed by atoms with Gasteiger partial charge in [0.15, 0.2) is 0 Å². The van der Waals surface area contributed by atoms with E-state index in [2.05, 4.69) is 52.7 Å². The molecular weight excluding hydrogens is 320 g/mol. The van der Waals surface area contributed by atoms with Crippen LogP contribution in [0.1, 0.15) is 12.0 Å². The van der Waals surface area contributed by atoms with E-state index < -0.39 is 0 Å². The predicted molar refractivity (Wildman–Crippen MR) is 108 cm³/mol. The van der Waals surface area contributed by atoms with E-state index in [0.29, 0.717) is 6.54 Å². The van der Waals surface area contributed by atoms with E-state index in [1.165, 1.54) is 16.5 Å². The Morgan fingerprint density at radius 1 is 0.923 bits per heavy atom. The molecule has 4 rings (SSSR count). The average Bonchev–Trinajstić information content (AvgIpc) is 2.69. The van der Waals surface area contributed by atoms with Crippen LogP contribution in [0.4, 0.5) is 5.69 Å². The molecule has 0 radical (unpaired) electrons. The van der Waals surface area contributed by atoms with Crippen molar-refractivity contribution < 1.29 is 4.79 Å². The van der Waals surface area contributed by atoms with Gasteiger partial charge in [0.1, 0.15) is 0 Å².